The van der Waals surface area contributed by atoms with Gasteiger partial charge in [-0.25, -0.2) is 0 Å². The summed E-state index contributed by atoms with van der Waals surface area (Å²) in [5, 5.41) is -0.0295. The highest BCUT2D eigenvalue weighted by atomic mass is 35.5. The number of amides is 2. The lowest BCUT2D eigenvalue weighted by molar-refractivity contribution is -0.123. The van der Waals surface area contributed by atoms with Crippen molar-refractivity contribution in [2.45, 2.75) is 13.5 Å². The highest BCUT2D eigenvalue weighted by Gasteiger charge is 2.35. The Bertz CT molecular complexity index is 1320. The van der Waals surface area contributed by atoms with Gasteiger partial charge in [0, 0.05) is 0 Å². The highest BCUT2D eigenvalue weighted by Crippen LogP contribution is 2.39. The van der Waals surface area contributed by atoms with Gasteiger partial charge in [-0.3, -0.25) is 14.5 Å². The Morgan fingerprint density at radius 3 is 2.32 bits per heavy atom. The Balaban J connectivity index is 1.43. The molecule has 1 fully saturated rings. The number of methoxy groups -OCH3 is 2. The van der Waals surface area contributed by atoms with E-state index < -0.39 is 5.91 Å². The van der Waals surface area contributed by atoms with Gasteiger partial charge in [0.05, 0.1) is 30.7 Å². The lowest BCUT2D eigenvalue weighted by Crippen LogP contribution is -2.32. The quantitative estimate of drug-likeness (QED) is 0.277. The van der Waals surface area contributed by atoms with Crippen LogP contribution in [0.15, 0.2) is 65.6 Å². The van der Waals surface area contributed by atoms with E-state index >= 15 is 0 Å². The van der Waals surface area contributed by atoms with Gasteiger partial charge in [-0.15, -0.1) is 0 Å². The first kappa shape index (κ1) is 26.4. The predicted octanol–water partition coefficient (Wildman–Crippen LogP) is 6.36. The maximum atomic E-state index is 12.9. The first-order valence-electron chi connectivity index (χ1n) is 11.5. The SMILES string of the molecule is COc1ccccc1OCCN1C(=O)S/C(=C\c2cc(Cl)c(OCc3ccc(C)cc3)c(OC)c2)C1=O. The van der Waals surface area contributed by atoms with Crippen LogP contribution in [-0.4, -0.2) is 43.4 Å². The van der Waals surface area contributed by atoms with Crippen molar-refractivity contribution in [1.82, 2.24) is 4.90 Å². The van der Waals surface area contributed by atoms with E-state index in [4.69, 9.17) is 30.5 Å². The molecule has 3 aromatic rings. The molecule has 1 aliphatic heterocycles. The number of hydrogen-bond acceptors (Lipinski definition) is 7. The van der Waals surface area contributed by atoms with Crippen LogP contribution in [0.5, 0.6) is 23.0 Å². The van der Waals surface area contributed by atoms with E-state index in [1.807, 2.05) is 43.3 Å². The molecule has 1 heterocycles. The van der Waals surface area contributed by atoms with Gasteiger partial charge in [-0.1, -0.05) is 53.6 Å². The van der Waals surface area contributed by atoms with E-state index in [1.54, 1.807) is 37.5 Å². The predicted molar refractivity (Wildman–Crippen MR) is 145 cm³/mol. The number of ether oxygens (including phenoxy) is 4. The number of carbonyl (C=O) groups excluding carboxylic acids is 2. The molecule has 0 aromatic heterocycles. The Hall–Kier alpha value is -3.62. The van der Waals surface area contributed by atoms with Crippen molar-refractivity contribution in [1.29, 1.82) is 0 Å². The second-order valence-electron chi connectivity index (χ2n) is 8.14. The molecular formula is C28H26ClNO6S. The monoisotopic (exact) mass is 539 g/mol. The molecule has 0 unspecified atom stereocenters. The molecule has 2 amide bonds. The number of benzene rings is 3. The van der Waals surface area contributed by atoms with Crippen molar-refractivity contribution in [3.63, 3.8) is 0 Å². The van der Waals surface area contributed by atoms with E-state index in [1.165, 1.54) is 7.11 Å². The summed E-state index contributed by atoms with van der Waals surface area (Å²) in [6.07, 6.45) is 1.62. The first-order valence-corrected chi connectivity index (χ1v) is 12.7. The number of carbonyl (C=O) groups is 2. The molecule has 192 valence electrons. The Labute approximate surface area is 224 Å². The van der Waals surface area contributed by atoms with Crippen LogP contribution in [-0.2, 0) is 11.4 Å². The van der Waals surface area contributed by atoms with Crippen molar-refractivity contribution in [2.75, 3.05) is 27.4 Å². The fourth-order valence-electron chi connectivity index (χ4n) is 3.63. The molecule has 0 aliphatic carbocycles. The Kier molecular flexibility index (Phi) is 8.63. The van der Waals surface area contributed by atoms with Crippen LogP contribution in [0, 0.1) is 6.92 Å². The first-order chi connectivity index (χ1) is 17.9. The summed E-state index contributed by atoms with van der Waals surface area (Å²) < 4.78 is 22.4. The smallest absolute Gasteiger partial charge is 0.293 e. The molecule has 3 aromatic carbocycles. The lowest BCUT2D eigenvalue weighted by atomic mass is 10.1. The van der Waals surface area contributed by atoms with Gasteiger partial charge in [0.25, 0.3) is 11.1 Å². The maximum Gasteiger partial charge on any atom is 0.293 e. The minimum absolute atomic E-state index is 0.107. The van der Waals surface area contributed by atoms with Crippen molar-refractivity contribution < 1.29 is 28.5 Å². The van der Waals surface area contributed by atoms with Crippen LogP contribution < -0.4 is 18.9 Å². The third-order valence-electron chi connectivity index (χ3n) is 5.57. The summed E-state index contributed by atoms with van der Waals surface area (Å²) in [5.74, 6) is 1.56. The summed E-state index contributed by atoms with van der Waals surface area (Å²) in [5.41, 5.74) is 2.77. The minimum atomic E-state index is -0.395. The number of hydrogen-bond donors (Lipinski definition) is 0. The third-order valence-corrected chi connectivity index (χ3v) is 6.76. The van der Waals surface area contributed by atoms with Gasteiger partial charge in [-0.2, -0.15) is 0 Å². The molecule has 4 rings (SSSR count). The summed E-state index contributed by atoms with van der Waals surface area (Å²) in [4.78, 5) is 26.9. The Morgan fingerprint density at radius 2 is 1.62 bits per heavy atom. The summed E-state index contributed by atoms with van der Waals surface area (Å²) >= 11 is 7.37. The second kappa shape index (κ2) is 12.1. The summed E-state index contributed by atoms with van der Waals surface area (Å²) in [6.45, 7) is 2.59. The van der Waals surface area contributed by atoms with Crippen LogP contribution in [0.25, 0.3) is 6.08 Å². The van der Waals surface area contributed by atoms with E-state index in [2.05, 4.69) is 0 Å². The van der Waals surface area contributed by atoms with Crippen LogP contribution in [0.1, 0.15) is 16.7 Å². The molecule has 0 bridgehead atoms. The fraction of sp³-hybridized carbons (Fsp3) is 0.214. The molecule has 0 spiro atoms. The highest BCUT2D eigenvalue weighted by molar-refractivity contribution is 8.18. The van der Waals surface area contributed by atoms with Crippen LogP contribution in [0.3, 0.4) is 0 Å². The van der Waals surface area contributed by atoms with Crippen LogP contribution >= 0.6 is 23.4 Å². The zero-order chi connectivity index (χ0) is 26.4. The van der Waals surface area contributed by atoms with Gasteiger partial charge < -0.3 is 18.9 Å². The molecule has 7 nitrogen and oxygen atoms in total. The number of rotatable bonds is 10. The van der Waals surface area contributed by atoms with Crippen molar-refractivity contribution in [2.24, 2.45) is 0 Å². The minimum Gasteiger partial charge on any atom is -0.493 e. The van der Waals surface area contributed by atoms with Crippen LogP contribution in [0.2, 0.25) is 5.02 Å². The van der Waals surface area contributed by atoms with Gasteiger partial charge >= 0.3 is 0 Å². The molecule has 0 N–H and O–H groups in total. The zero-order valence-corrected chi connectivity index (χ0v) is 22.2. The molecule has 0 saturated carbocycles. The molecule has 9 heteroatoms. The molecule has 37 heavy (non-hydrogen) atoms. The summed E-state index contributed by atoms with van der Waals surface area (Å²) in [6, 6.07) is 18.6. The number of imide groups is 1. The zero-order valence-electron chi connectivity index (χ0n) is 20.7. The largest absolute Gasteiger partial charge is 0.493 e. The third kappa shape index (κ3) is 6.39. The summed E-state index contributed by atoms with van der Waals surface area (Å²) in [7, 11) is 3.07. The topological polar surface area (TPSA) is 74.3 Å². The number of thioether (sulfide) groups is 1. The van der Waals surface area contributed by atoms with E-state index in [9.17, 15) is 9.59 Å². The fourth-order valence-corrected chi connectivity index (χ4v) is 4.77. The van der Waals surface area contributed by atoms with Crippen molar-refractivity contribution >= 4 is 40.6 Å². The van der Waals surface area contributed by atoms with Gasteiger partial charge in [-0.05, 0) is 60.2 Å². The number of para-hydroxylation sites is 2. The lowest BCUT2D eigenvalue weighted by Gasteiger charge is -2.15. The van der Waals surface area contributed by atoms with E-state index in [0.717, 1.165) is 27.8 Å². The molecule has 0 atom stereocenters. The molecule has 0 radical (unpaired) electrons. The Morgan fingerprint density at radius 1 is 0.919 bits per heavy atom. The second-order valence-corrected chi connectivity index (χ2v) is 9.54. The van der Waals surface area contributed by atoms with E-state index in [-0.39, 0.29) is 23.3 Å². The van der Waals surface area contributed by atoms with Gasteiger partial charge in [0.2, 0.25) is 0 Å². The van der Waals surface area contributed by atoms with Crippen LogP contribution in [0.4, 0.5) is 4.79 Å². The number of nitrogens with zero attached hydrogens (tertiary/aromatic N) is 1. The van der Waals surface area contributed by atoms with Gasteiger partial charge in [0.1, 0.15) is 13.2 Å². The normalized spacial score (nSPS) is 14.3. The number of halogens is 1. The van der Waals surface area contributed by atoms with E-state index in [0.29, 0.717) is 40.2 Å². The average Bonchev–Trinajstić information content (AvgIpc) is 3.16. The molecular weight excluding hydrogens is 514 g/mol. The van der Waals surface area contributed by atoms with Crippen molar-refractivity contribution in [3.8, 4) is 23.0 Å². The van der Waals surface area contributed by atoms with Crippen molar-refractivity contribution in [3.05, 3.63) is 87.3 Å². The molecule has 1 saturated heterocycles. The molecule has 1 aliphatic rings. The maximum absolute atomic E-state index is 12.9. The number of aryl methyl sites for hydroxylation is 1. The van der Waals surface area contributed by atoms with Gasteiger partial charge in [0.15, 0.2) is 23.0 Å². The standard InChI is InChI=1S/C28H26ClNO6S/c1-18-8-10-19(11-9-18)17-36-26-21(29)14-20(15-24(26)34-3)16-25-27(31)30(28(32)37-25)12-13-35-23-7-5-4-6-22(23)33-2/h4-11,14-16H,12-13,17H2,1-3H3/b25-16-. The average molecular weight is 540 g/mol.